The van der Waals surface area contributed by atoms with Crippen LogP contribution in [-0.4, -0.2) is 24.7 Å². The second-order valence-corrected chi connectivity index (χ2v) is 7.58. The molecule has 1 aromatic carbocycles. The first-order chi connectivity index (χ1) is 10.9. The molecule has 0 radical (unpaired) electrons. The lowest BCUT2D eigenvalue weighted by Gasteiger charge is -2.32. The van der Waals surface area contributed by atoms with E-state index in [1.807, 2.05) is 0 Å². The molecule has 3 rings (SSSR count). The minimum atomic E-state index is 0.639. The number of anilines is 1. The average Bonchev–Trinajstić information content (AvgIpc) is 2.85. The summed E-state index contributed by atoms with van der Waals surface area (Å²) in [5, 5.41) is 0. The molecule has 2 aliphatic rings. The monoisotopic (exact) mass is 310 g/mol. The van der Waals surface area contributed by atoms with E-state index in [1.165, 1.54) is 39.9 Å². The number of rotatable bonds is 2. The van der Waals surface area contributed by atoms with Crippen LogP contribution in [-0.2, 0) is 0 Å². The smallest absolute Gasteiger partial charge is 0.0902 e. The van der Waals surface area contributed by atoms with Gasteiger partial charge >= 0.3 is 0 Å². The Bertz CT molecular complexity index is 658. The van der Waals surface area contributed by atoms with Gasteiger partial charge < -0.3 is 9.80 Å². The van der Waals surface area contributed by atoms with E-state index in [0.717, 1.165) is 19.8 Å². The molecule has 0 saturated carbocycles. The van der Waals surface area contributed by atoms with Crippen molar-refractivity contribution in [2.24, 2.45) is 5.92 Å². The van der Waals surface area contributed by atoms with Crippen molar-refractivity contribution in [3.05, 3.63) is 51.7 Å². The van der Waals surface area contributed by atoms with Crippen molar-refractivity contribution in [1.82, 2.24) is 4.90 Å². The molecule has 124 valence electrons. The van der Waals surface area contributed by atoms with Crippen molar-refractivity contribution in [2.75, 3.05) is 24.7 Å². The van der Waals surface area contributed by atoms with Crippen molar-refractivity contribution in [1.29, 1.82) is 0 Å². The number of hydrogen-bond acceptors (Lipinski definition) is 2. The van der Waals surface area contributed by atoms with Crippen LogP contribution in [0.3, 0.4) is 0 Å². The van der Waals surface area contributed by atoms with Crippen LogP contribution in [0.1, 0.15) is 43.9 Å². The zero-order valence-electron chi connectivity index (χ0n) is 15.5. The van der Waals surface area contributed by atoms with E-state index >= 15 is 0 Å². The minimum absolute atomic E-state index is 0.639. The number of hydrogen-bond donors (Lipinski definition) is 0. The number of allylic oxidation sites excluding steroid dienone is 4. The van der Waals surface area contributed by atoms with Gasteiger partial charge in [0.1, 0.15) is 0 Å². The molecule has 1 saturated heterocycles. The van der Waals surface area contributed by atoms with Crippen LogP contribution < -0.4 is 4.90 Å². The largest absolute Gasteiger partial charge is 0.355 e. The topological polar surface area (TPSA) is 6.48 Å². The minimum Gasteiger partial charge on any atom is -0.355 e. The molecular weight excluding hydrogens is 280 g/mol. The van der Waals surface area contributed by atoms with Gasteiger partial charge in [0.15, 0.2) is 0 Å². The van der Waals surface area contributed by atoms with Crippen LogP contribution in [0.2, 0.25) is 0 Å². The van der Waals surface area contributed by atoms with Gasteiger partial charge in [-0.3, -0.25) is 0 Å². The Balaban J connectivity index is 1.86. The predicted octanol–water partition coefficient (Wildman–Crippen LogP) is 4.95. The molecule has 0 aromatic heterocycles. The van der Waals surface area contributed by atoms with Gasteiger partial charge in [-0.05, 0) is 57.7 Å². The standard InChI is InChI=1S/C21H30N2/c1-14-9-16(3)20(17(4)10-14)22-7-8-23(13-22)21-18(5)11-15(2)12-19(21)6/h9-11,19H,7-8,12-13H2,1-6H3. The van der Waals surface area contributed by atoms with Crippen LogP contribution in [0.15, 0.2) is 35.1 Å². The maximum Gasteiger partial charge on any atom is 0.0902 e. The first-order valence-electron chi connectivity index (χ1n) is 8.82. The Morgan fingerprint density at radius 2 is 1.52 bits per heavy atom. The number of nitrogens with zero attached hydrogens (tertiary/aromatic N) is 2. The van der Waals surface area contributed by atoms with E-state index in [9.17, 15) is 0 Å². The third kappa shape index (κ3) is 3.04. The van der Waals surface area contributed by atoms with Gasteiger partial charge in [-0.1, -0.05) is 36.3 Å². The van der Waals surface area contributed by atoms with Crippen LogP contribution in [0, 0.1) is 26.7 Å². The van der Waals surface area contributed by atoms with Crippen LogP contribution in [0.5, 0.6) is 0 Å². The predicted molar refractivity (Wildman–Crippen MR) is 99.8 cm³/mol. The fraction of sp³-hybridized carbons (Fsp3) is 0.524. The lowest BCUT2D eigenvalue weighted by Crippen LogP contribution is -2.30. The molecule has 23 heavy (non-hydrogen) atoms. The first kappa shape index (κ1) is 16.2. The van der Waals surface area contributed by atoms with Crippen molar-refractivity contribution < 1.29 is 0 Å². The van der Waals surface area contributed by atoms with Crippen molar-refractivity contribution >= 4 is 5.69 Å². The van der Waals surface area contributed by atoms with E-state index in [4.69, 9.17) is 0 Å². The molecule has 0 spiro atoms. The van der Waals surface area contributed by atoms with Crippen LogP contribution in [0.25, 0.3) is 0 Å². The molecular formula is C21H30N2. The second-order valence-electron chi connectivity index (χ2n) is 7.58. The number of benzene rings is 1. The summed E-state index contributed by atoms with van der Waals surface area (Å²) in [6.07, 6.45) is 3.58. The van der Waals surface area contributed by atoms with Gasteiger partial charge in [-0.25, -0.2) is 0 Å². The van der Waals surface area contributed by atoms with E-state index in [2.05, 4.69) is 69.6 Å². The lowest BCUT2D eigenvalue weighted by atomic mass is 9.89. The molecule has 1 fully saturated rings. The molecule has 1 aliphatic heterocycles. The van der Waals surface area contributed by atoms with E-state index in [-0.39, 0.29) is 0 Å². The molecule has 0 N–H and O–H groups in total. The fourth-order valence-electron chi connectivity index (χ4n) is 4.67. The molecule has 2 nitrogen and oxygen atoms in total. The summed E-state index contributed by atoms with van der Waals surface area (Å²) in [6, 6.07) is 4.62. The van der Waals surface area contributed by atoms with E-state index < -0.39 is 0 Å². The summed E-state index contributed by atoms with van der Waals surface area (Å²) in [5.74, 6) is 0.639. The average molecular weight is 310 g/mol. The maximum absolute atomic E-state index is 2.60. The normalized spacial score (nSPS) is 22.0. The summed E-state index contributed by atoms with van der Waals surface area (Å²) in [7, 11) is 0. The van der Waals surface area contributed by atoms with Gasteiger partial charge in [-0.15, -0.1) is 0 Å². The van der Waals surface area contributed by atoms with Crippen molar-refractivity contribution in [3.8, 4) is 0 Å². The van der Waals surface area contributed by atoms with Gasteiger partial charge in [0.05, 0.1) is 6.67 Å². The zero-order chi connectivity index (χ0) is 16.7. The Kier molecular flexibility index (Phi) is 4.27. The van der Waals surface area contributed by atoms with Crippen LogP contribution >= 0.6 is 0 Å². The summed E-state index contributed by atoms with van der Waals surface area (Å²) >= 11 is 0. The molecule has 0 bridgehead atoms. The van der Waals surface area contributed by atoms with Gasteiger partial charge in [0.2, 0.25) is 0 Å². The van der Waals surface area contributed by atoms with Gasteiger partial charge in [0, 0.05) is 30.4 Å². The molecule has 1 atom stereocenters. The molecule has 2 heteroatoms. The SMILES string of the molecule is CC1=CC(C)=C(N2CCN(c3c(C)cc(C)cc3C)C2)C(C)C1. The Morgan fingerprint density at radius 1 is 0.913 bits per heavy atom. The van der Waals surface area contributed by atoms with Gasteiger partial charge in [0.25, 0.3) is 0 Å². The number of aryl methyl sites for hydroxylation is 3. The highest BCUT2D eigenvalue weighted by molar-refractivity contribution is 5.61. The molecule has 1 aromatic rings. The van der Waals surface area contributed by atoms with E-state index in [0.29, 0.717) is 5.92 Å². The second kappa shape index (κ2) is 6.07. The molecule has 0 amide bonds. The third-order valence-electron chi connectivity index (χ3n) is 5.24. The van der Waals surface area contributed by atoms with Gasteiger partial charge in [-0.2, -0.15) is 0 Å². The van der Waals surface area contributed by atoms with Crippen molar-refractivity contribution in [3.63, 3.8) is 0 Å². The fourth-order valence-corrected chi connectivity index (χ4v) is 4.67. The maximum atomic E-state index is 2.60. The molecule has 1 heterocycles. The summed E-state index contributed by atoms with van der Waals surface area (Å²) in [5.41, 5.74) is 10.1. The summed E-state index contributed by atoms with van der Waals surface area (Å²) in [6.45, 7) is 16.9. The summed E-state index contributed by atoms with van der Waals surface area (Å²) < 4.78 is 0. The quantitative estimate of drug-likeness (QED) is 0.762. The highest BCUT2D eigenvalue weighted by Gasteiger charge is 2.28. The highest BCUT2D eigenvalue weighted by atomic mass is 15.4. The Hall–Kier alpha value is -1.70. The summed E-state index contributed by atoms with van der Waals surface area (Å²) in [4.78, 5) is 5.16. The lowest BCUT2D eigenvalue weighted by molar-refractivity contribution is 0.363. The Morgan fingerprint density at radius 3 is 2.13 bits per heavy atom. The first-order valence-corrected chi connectivity index (χ1v) is 8.82. The van der Waals surface area contributed by atoms with Crippen molar-refractivity contribution in [2.45, 2.75) is 48.0 Å². The zero-order valence-corrected chi connectivity index (χ0v) is 15.5. The van der Waals surface area contributed by atoms with E-state index in [1.54, 1.807) is 5.70 Å². The highest BCUT2D eigenvalue weighted by Crippen LogP contribution is 2.35. The Labute approximate surface area is 141 Å². The molecule has 1 aliphatic carbocycles. The molecule has 1 unspecified atom stereocenters. The van der Waals surface area contributed by atoms with Crippen LogP contribution in [0.4, 0.5) is 5.69 Å². The third-order valence-corrected chi connectivity index (χ3v) is 5.24.